The van der Waals surface area contributed by atoms with Crippen LogP contribution in [0.2, 0.25) is 5.02 Å². The van der Waals surface area contributed by atoms with Crippen LogP contribution in [0.3, 0.4) is 0 Å². The molecule has 1 aromatic carbocycles. The fraction of sp³-hybridized carbons (Fsp3) is 0.556. The SMILES string of the molecule is CCC(=O)N1CCC(NC(=NC)NCCCc2ccccc2Cl)C1.I. The van der Waals surface area contributed by atoms with Gasteiger partial charge in [0.05, 0.1) is 0 Å². The highest BCUT2D eigenvalue weighted by molar-refractivity contribution is 14.0. The summed E-state index contributed by atoms with van der Waals surface area (Å²) in [6, 6.07) is 8.22. The van der Waals surface area contributed by atoms with Gasteiger partial charge in [-0.15, -0.1) is 24.0 Å². The number of nitrogens with zero attached hydrogens (tertiary/aromatic N) is 2. The highest BCUT2D eigenvalue weighted by atomic mass is 127. The van der Waals surface area contributed by atoms with E-state index in [4.69, 9.17) is 11.6 Å². The summed E-state index contributed by atoms with van der Waals surface area (Å²) in [5, 5.41) is 7.57. The topological polar surface area (TPSA) is 56.7 Å². The van der Waals surface area contributed by atoms with E-state index >= 15 is 0 Å². The third-order valence-corrected chi connectivity index (χ3v) is 4.65. The first kappa shape index (κ1) is 22.0. The van der Waals surface area contributed by atoms with E-state index in [1.807, 2.05) is 30.0 Å². The van der Waals surface area contributed by atoms with Crippen LogP contribution in [0.15, 0.2) is 29.3 Å². The van der Waals surface area contributed by atoms with E-state index in [-0.39, 0.29) is 35.9 Å². The summed E-state index contributed by atoms with van der Waals surface area (Å²) >= 11 is 6.17. The Kier molecular flexibility index (Phi) is 10.2. The van der Waals surface area contributed by atoms with E-state index in [0.717, 1.165) is 49.9 Å². The molecular formula is C18H28ClIN4O. The predicted octanol–water partition coefficient (Wildman–Crippen LogP) is 3.07. The molecule has 1 aromatic rings. The van der Waals surface area contributed by atoms with Gasteiger partial charge in [0.2, 0.25) is 5.91 Å². The maximum Gasteiger partial charge on any atom is 0.222 e. The maximum absolute atomic E-state index is 11.7. The van der Waals surface area contributed by atoms with Crippen LogP contribution in [0.25, 0.3) is 0 Å². The molecule has 1 heterocycles. The van der Waals surface area contributed by atoms with Gasteiger partial charge in [-0.3, -0.25) is 9.79 Å². The maximum atomic E-state index is 11.7. The second kappa shape index (κ2) is 11.6. The van der Waals surface area contributed by atoms with Crippen LogP contribution in [0, 0.1) is 0 Å². The number of rotatable bonds is 6. The smallest absolute Gasteiger partial charge is 0.222 e. The van der Waals surface area contributed by atoms with Gasteiger partial charge in [-0.2, -0.15) is 0 Å². The number of carbonyl (C=O) groups excluding carboxylic acids is 1. The minimum atomic E-state index is 0. The molecule has 0 saturated carbocycles. The number of benzene rings is 1. The van der Waals surface area contributed by atoms with Crippen molar-refractivity contribution in [2.45, 2.75) is 38.6 Å². The van der Waals surface area contributed by atoms with Crippen LogP contribution in [0.5, 0.6) is 0 Å². The van der Waals surface area contributed by atoms with Crippen molar-refractivity contribution in [2.75, 3.05) is 26.7 Å². The average molecular weight is 479 g/mol. The van der Waals surface area contributed by atoms with Crippen LogP contribution in [-0.4, -0.2) is 49.5 Å². The van der Waals surface area contributed by atoms with Crippen LogP contribution < -0.4 is 10.6 Å². The molecule has 1 atom stereocenters. The Labute approximate surface area is 172 Å². The van der Waals surface area contributed by atoms with Gasteiger partial charge in [0, 0.05) is 44.2 Å². The normalized spacial score (nSPS) is 17.2. The van der Waals surface area contributed by atoms with Gasteiger partial charge in [-0.25, -0.2) is 0 Å². The summed E-state index contributed by atoms with van der Waals surface area (Å²) in [5.74, 6) is 1.02. The Morgan fingerprint density at radius 1 is 1.40 bits per heavy atom. The number of hydrogen-bond donors (Lipinski definition) is 2. The third kappa shape index (κ3) is 7.01. The van der Waals surface area contributed by atoms with Crippen molar-refractivity contribution < 1.29 is 4.79 Å². The Hall–Kier alpha value is -1.02. The van der Waals surface area contributed by atoms with Crippen LogP contribution >= 0.6 is 35.6 Å². The first-order chi connectivity index (χ1) is 11.6. The quantitative estimate of drug-likeness (QED) is 0.286. The summed E-state index contributed by atoms with van der Waals surface area (Å²) in [5.41, 5.74) is 1.17. The molecule has 1 unspecified atom stereocenters. The van der Waals surface area contributed by atoms with Crippen LogP contribution in [0.1, 0.15) is 31.7 Å². The summed E-state index contributed by atoms with van der Waals surface area (Å²) < 4.78 is 0. The summed E-state index contributed by atoms with van der Waals surface area (Å²) in [6.07, 6.45) is 3.45. The molecule has 140 valence electrons. The van der Waals surface area contributed by atoms with Crippen molar-refractivity contribution in [1.29, 1.82) is 0 Å². The molecule has 1 aliphatic heterocycles. The molecular weight excluding hydrogens is 451 g/mol. The molecule has 0 bridgehead atoms. The predicted molar refractivity (Wildman–Crippen MR) is 115 cm³/mol. The lowest BCUT2D eigenvalue weighted by atomic mass is 10.1. The fourth-order valence-electron chi connectivity index (χ4n) is 2.90. The van der Waals surface area contributed by atoms with Crippen molar-refractivity contribution in [2.24, 2.45) is 4.99 Å². The number of guanidine groups is 1. The number of halogens is 2. The largest absolute Gasteiger partial charge is 0.356 e. The number of hydrogen-bond acceptors (Lipinski definition) is 2. The standard InChI is InChI=1S/C18H27ClN4O.HI/c1-3-17(24)23-12-10-15(13-23)22-18(20-2)21-11-6-8-14-7-4-5-9-16(14)19;/h4-5,7,9,15H,3,6,8,10-13H2,1-2H3,(H2,20,21,22);1H. The lowest BCUT2D eigenvalue weighted by Crippen LogP contribution is -2.45. The van der Waals surface area contributed by atoms with Crippen molar-refractivity contribution in [3.05, 3.63) is 34.9 Å². The Morgan fingerprint density at radius 3 is 2.84 bits per heavy atom. The van der Waals surface area contributed by atoms with E-state index in [2.05, 4.69) is 21.7 Å². The fourth-order valence-corrected chi connectivity index (χ4v) is 3.13. The van der Waals surface area contributed by atoms with Crippen molar-refractivity contribution >= 4 is 47.4 Å². The van der Waals surface area contributed by atoms with Gasteiger partial charge in [-0.1, -0.05) is 36.7 Å². The van der Waals surface area contributed by atoms with E-state index in [1.165, 1.54) is 5.56 Å². The summed E-state index contributed by atoms with van der Waals surface area (Å²) in [4.78, 5) is 17.9. The van der Waals surface area contributed by atoms with Gasteiger partial charge >= 0.3 is 0 Å². The molecule has 1 aliphatic rings. The van der Waals surface area contributed by atoms with Gasteiger partial charge in [-0.05, 0) is 30.9 Å². The van der Waals surface area contributed by atoms with E-state index in [1.54, 1.807) is 7.05 Å². The minimum Gasteiger partial charge on any atom is -0.356 e. The number of nitrogens with one attached hydrogen (secondary N) is 2. The molecule has 5 nitrogen and oxygen atoms in total. The van der Waals surface area contributed by atoms with Gasteiger partial charge in [0.1, 0.15) is 0 Å². The van der Waals surface area contributed by atoms with Crippen LogP contribution in [-0.2, 0) is 11.2 Å². The number of aliphatic imine (C=N–C) groups is 1. The van der Waals surface area contributed by atoms with E-state index in [9.17, 15) is 4.79 Å². The zero-order chi connectivity index (χ0) is 17.4. The number of likely N-dealkylation sites (tertiary alicyclic amines) is 1. The first-order valence-corrected chi connectivity index (χ1v) is 9.00. The molecule has 25 heavy (non-hydrogen) atoms. The zero-order valence-corrected chi connectivity index (χ0v) is 18.0. The molecule has 2 rings (SSSR count). The second-order valence-corrected chi connectivity index (χ2v) is 6.42. The van der Waals surface area contributed by atoms with Crippen LogP contribution in [0.4, 0.5) is 0 Å². The molecule has 1 amide bonds. The summed E-state index contributed by atoms with van der Waals surface area (Å²) in [6.45, 7) is 4.32. The third-order valence-electron chi connectivity index (χ3n) is 4.28. The first-order valence-electron chi connectivity index (χ1n) is 8.62. The van der Waals surface area contributed by atoms with Gasteiger partial charge in [0.25, 0.3) is 0 Å². The molecule has 0 aromatic heterocycles. The zero-order valence-electron chi connectivity index (χ0n) is 14.9. The molecule has 1 fully saturated rings. The monoisotopic (exact) mass is 478 g/mol. The lowest BCUT2D eigenvalue weighted by molar-refractivity contribution is -0.129. The van der Waals surface area contributed by atoms with Crippen molar-refractivity contribution in [3.63, 3.8) is 0 Å². The van der Waals surface area contributed by atoms with E-state index < -0.39 is 0 Å². The number of carbonyl (C=O) groups is 1. The number of amides is 1. The Bertz CT molecular complexity index is 582. The van der Waals surface area contributed by atoms with Crippen molar-refractivity contribution in [3.8, 4) is 0 Å². The number of aryl methyl sites for hydroxylation is 1. The average Bonchev–Trinajstić information content (AvgIpc) is 3.06. The molecule has 2 N–H and O–H groups in total. The Morgan fingerprint density at radius 2 is 2.16 bits per heavy atom. The molecule has 0 aliphatic carbocycles. The highest BCUT2D eigenvalue weighted by Gasteiger charge is 2.25. The second-order valence-electron chi connectivity index (χ2n) is 6.02. The lowest BCUT2D eigenvalue weighted by Gasteiger charge is -2.18. The minimum absolute atomic E-state index is 0. The van der Waals surface area contributed by atoms with E-state index in [0.29, 0.717) is 6.42 Å². The van der Waals surface area contributed by atoms with Gasteiger partial charge < -0.3 is 15.5 Å². The highest BCUT2D eigenvalue weighted by Crippen LogP contribution is 2.16. The van der Waals surface area contributed by atoms with Gasteiger partial charge in [0.15, 0.2) is 5.96 Å². The molecule has 0 spiro atoms. The molecule has 1 saturated heterocycles. The van der Waals surface area contributed by atoms with Crippen molar-refractivity contribution in [1.82, 2.24) is 15.5 Å². The molecule has 0 radical (unpaired) electrons. The Balaban J connectivity index is 0.00000312. The summed E-state index contributed by atoms with van der Waals surface area (Å²) in [7, 11) is 1.77. The molecule has 7 heteroatoms.